The van der Waals surface area contributed by atoms with Gasteiger partial charge in [0.05, 0.1) is 11.3 Å². The van der Waals surface area contributed by atoms with Gasteiger partial charge < -0.3 is 4.42 Å². The van der Waals surface area contributed by atoms with Crippen LogP contribution in [0.2, 0.25) is 0 Å². The topological polar surface area (TPSA) is 82.5 Å². The van der Waals surface area contributed by atoms with Gasteiger partial charge in [-0.25, -0.2) is 4.68 Å². The van der Waals surface area contributed by atoms with Crippen molar-refractivity contribution < 1.29 is 4.42 Å². The van der Waals surface area contributed by atoms with Gasteiger partial charge in [0.15, 0.2) is 0 Å². The Kier molecular flexibility index (Phi) is 5.06. The number of aromatic nitrogens is 6. The minimum Gasteiger partial charge on any atom is -0.420 e. The highest BCUT2D eigenvalue weighted by molar-refractivity contribution is 9.10. The molecule has 0 saturated carbocycles. The first-order chi connectivity index (χ1) is 11.1. The minimum atomic E-state index is 0.475. The summed E-state index contributed by atoms with van der Waals surface area (Å²) in [5.74, 6) is 2.04. The van der Waals surface area contributed by atoms with Gasteiger partial charge in [-0.15, -0.1) is 15.3 Å². The second-order valence-electron chi connectivity index (χ2n) is 5.31. The van der Waals surface area contributed by atoms with Crippen LogP contribution in [0.5, 0.6) is 0 Å². The van der Waals surface area contributed by atoms with Gasteiger partial charge in [-0.3, -0.25) is 0 Å². The van der Waals surface area contributed by atoms with E-state index in [1.165, 1.54) is 11.8 Å². The molecule has 0 N–H and O–H groups in total. The second-order valence-corrected chi connectivity index (χ2v) is 7.10. The third kappa shape index (κ3) is 3.97. The van der Waals surface area contributed by atoms with E-state index in [9.17, 15) is 0 Å². The Bertz CT molecular complexity index is 787. The van der Waals surface area contributed by atoms with Crippen molar-refractivity contribution in [1.82, 2.24) is 30.4 Å². The lowest BCUT2D eigenvalue weighted by Crippen LogP contribution is -2.07. The van der Waals surface area contributed by atoms with Crippen LogP contribution in [0.3, 0.4) is 0 Å². The molecule has 0 unspecified atom stereocenters. The van der Waals surface area contributed by atoms with Gasteiger partial charge in [0.2, 0.25) is 16.9 Å². The summed E-state index contributed by atoms with van der Waals surface area (Å²) < 4.78 is 8.43. The molecule has 1 aromatic carbocycles. The third-order valence-corrected chi connectivity index (χ3v) is 4.57. The Morgan fingerprint density at radius 1 is 1.22 bits per heavy atom. The summed E-state index contributed by atoms with van der Waals surface area (Å²) in [6, 6.07) is 7.74. The molecule has 0 aliphatic heterocycles. The zero-order valence-electron chi connectivity index (χ0n) is 12.7. The van der Waals surface area contributed by atoms with Crippen LogP contribution >= 0.6 is 27.7 Å². The molecule has 7 nitrogen and oxygen atoms in total. The van der Waals surface area contributed by atoms with Crippen LogP contribution in [0.25, 0.3) is 11.5 Å². The normalized spacial score (nSPS) is 11.3. The zero-order chi connectivity index (χ0) is 16.2. The number of hydrogen-bond acceptors (Lipinski definition) is 7. The Morgan fingerprint density at radius 3 is 2.83 bits per heavy atom. The van der Waals surface area contributed by atoms with Gasteiger partial charge in [0.25, 0.3) is 0 Å². The van der Waals surface area contributed by atoms with Crippen molar-refractivity contribution in [2.24, 2.45) is 5.92 Å². The highest BCUT2D eigenvalue weighted by Gasteiger charge is 2.14. The van der Waals surface area contributed by atoms with Crippen LogP contribution in [0.15, 0.2) is 38.3 Å². The van der Waals surface area contributed by atoms with Crippen molar-refractivity contribution in [1.29, 1.82) is 0 Å². The lowest BCUT2D eigenvalue weighted by Gasteiger charge is -2.05. The molecule has 2 heterocycles. The number of nitrogens with zero attached hydrogens (tertiary/aromatic N) is 6. The molecule has 9 heteroatoms. The number of halogens is 1. The average molecular weight is 395 g/mol. The molecule has 120 valence electrons. The lowest BCUT2D eigenvalue weighted by molar-refractivity contribution is 0.445. The molecule has 0 bridgehead atoms. The van der Waals surface area contributed by atoms with E-state index < -0.39 is 0 Å². The zero-order valence-corrected chi connectivity index (χ0v) is 15.1. The summed E-state index contributed by atoms with van der Waals surface area (Å²) in [5.41, 5.74) is 0.876. The molecule has 0 aliphatic rings. The quantitative estimate of drug-likeness (QED) is 0.592. The van der Waals surface area contributed by atoms with E-state index in [2.05, 4.69) is 55.5 Å². The fraction of sp³-hybridized carbons (Fsp3) is 0.357. The molecule has 3 rings (SSSR count). The van der Waals surface area contributed by atoms with Gasteiger partial charge in [-0.05, 0) is 44.4 Å². The van der Waals surface area contributed by atoms with Crippen LogP contribution in [0, 0.1) is 5.92 Å². The van der Waals surface area contributed by atoms with Crippen molar-refractivity contribution in [3.63, 3.8) is 0 Å². The predicted molar refractivity (Wildman–Crippen MR) is 89.7 cm³/mol. The molecule has 0 fully saturated rings. The predicted octanol–water partition coefficient (Wildman–Crippen LogP) is 3.43. The van der Waals surface area contributed by atoms with Gasteiger partial charge in [0.1, 0.15) is 0 Å². The van der Waals surface area contributed by atoms with Crippen molar-refractivity contribution in [3.05, 3.63) is 34.6 Å². The first-order valence-corrected chi connectivity index (χ1v) is 8.87. The summed E-state index contributed by atoms with van der Waals surface area (Å²) in [5, 5.41) is 20.7. The molecule has 0 amide bonds. The van der Waals surface area contributed by atoms with Gasteiger partial charge in [0, 0.05) is 11.0 Å². The van der Waals surface area contributed by atoms with Crippen LogP contribution in [0.4, 0.5) is 0 Å². The summed E-state index contributed by atoms with van der Waals surface area (Å²) >= 11 is 4.96. The van der Waals surface area contributed by atoms with Crippen LogP contribution in [0.1, 0.15) is 19.7 Å². The fourth-order valence-electron chi connectivity index (χ4n) is 1.94. The maximum atomic E-state index is 5.72. The van der Waals surface area contributed by atoms with E-state index in [1.807, 2.05) is 24.3 Å². The smallest absolute Gasteiger partial charge is 0.248 e. The molecule has 23 heavy (non-hydrogen) atoms. The van der Waals surface area contributed by atoms with E-state index >= 15 is 0 Å². The third-order valence-electron chi connectivity index (χ3n) is 2.93. The SMILES string of the molecule is CC(C)Cn1nnnc1SCc1nnc(-c2ccccc2Br)o1. The van der Waals surface area contributed by atoms with Gasteiger partial charge in [-0.1, -0.05) is 37.7 Å². The van der Waals surface area contributed by atoms with E-state index in [0.29, 0.717) is 23.5 Å². The molecule has 0 saturated heterocycles. The van der Waals surface area contributed by atoms with E-state index in [-0.39, 0.29) is 0 Å². The molecule has 0 aliphatic carbocycles. The molecule has 2 aromatic heterocycles. The van der Waals surface area contributed by atoms with Gasteiger partial charge >= 0.3 is 0 Å². The second kappa shape index (κ2) is 7.22. The van der Waals surface area contributed by atoms with Crippen LogP contribution in [-0.2, 0) is 12.3 Å². The monoisotopic (exact) mass is 394 g/mol. The molecular formula is C14H15BrN6OS. The Hall–Kier alpha value is -1.74. The summed E-state index contributed by atoms with van der Waals surface area (Å²) in [6.07, 6.45) is 0. The van der Waals surface area contributed by atoms with E-state index in [0.717, 1.165) is 21.7 Å². The highest BCUT2D eigenvalue weighted by atomic mass is 79.9. The van der Waals surface area contributed by atoms with Crippen molar-refractivity contribution in [2.45, 2.75) is 31.3 Å². The van der Waals surface area contributed by atoms with Gasteiger partial charge in [-0.2, -0.15) is 0 Å². The molecule has 3 aromatic rings. The number of tetrazole rings is 1. The Balaban J connectivity index is 1.69. The minimum absolute atomic E-state index is 0.475. The largest absolute Gasteiger partial charge is 0.420 e. The van der Waals surface area contributed by atoms with E-state index in [1.54, 1.807) is 4.68 Å². The number of benzene rings is 1. The highest BCUT2D eigenvalue weighted by Crippen LogP contribution is 2.28. The molecule has 0 spiro atoms. The number of thioether (sulfide) groups is 1. The number of hydrogen-bond donors (Lipinski definition) is 0. The van der Waals surface area contributed by atoms with Crippen molar-refractivity contribution in [2.75, 3.05) is 0 Å². The summed E-state index contributed by atoms with van der Waals surface area (Å²) in [7, 11) is 0. The molecule has 0 radical (unpaired) electrons. The summed E-state index contributed by atoms with van der Waals surface area (Å²) in [6.45, 7) is 5.03. The van der Waals surface area contributed by atoms with Crippen molar-refractivity contribution in [3.8, 4) is 11.5 Å². The van der Waals surface area contributed by atoms with E-state index in [4.69, 9.17) is 4.42 Å². The van der Waals surface area contributed by atoms with Crippen LogP contribution in [-0.4, -0.2) is 30.4 Å². The first-order valence-electron chi connectivity index (χ1n) is 7.09. The fourth-order valence-corrected chi connectivity index (χ4v) is 3.12. The maximum absolute atomic E-state index is 5.72. The Morgan fingerprint density at radius 2 is 2.04 bits per heavy atom. The Labute approximate surface area is 146 Å². The van der Waals surface area contributed by atoms with Crippen LogP contribution < -0.4 is 0 Å². The lowest BCUT2D eigenvalue weighted by atomic mass is 10.2. The summed E-state index contributed by atoms with van der Waals surface area (Å²) in [4.78, 5) is 0. The number of rotatable bonds is 6. The van der Waals surface area contributed by atoms with Crippen molar-refractivity contribution >= 4 is 27.7 Å². The molecular weight excluding hydrogens is 380 g/mol. The standard InChI is InChI=1S/C14H15BrN6OS/c1-9(2)7-21-14(18-19-20-21)23-8-12-16-17-13(22-12)10-5-3-4-6-11(10)15/h3-6,9H,7-8H2,1-2H3. The molecule has 0 atom stereocenters. The average Bonchev–Trinajstić information content (AvgIpc) is 3.14. The first kappa shape index (κ1) is 16.1. The maximum Gasteiger partial charge on any atom is 0.248 e.